The average Bonchev–Trinajstić information content (AvgIpc) is 2.68. The number of unbranched alkanes of at least 4 members (excludes halogenated alkanes) is 3. The molecule has 0 bridgehead atoms. The Morgan fingerprint density at radius 2 is 1.70 bits per heavy atom. The van der Waals surface area contributed by atoms with Crippen LogP contribution in [0.25, 0.3) is 0 Å². The van der Waals surface area contributed by atoms with E-state index in [2.05, 4.69) is 21.6 Å². The number of benzene rings is 1. The fourth-order valence-corrected chi connectivity index (χ4v) is 2.87. The van der Waals surface area contributed by atoms with Crippen molar-refractivity contribution in [1.82, 2.24) is 9.97 Å². The van der Waals surface area contributed by atoms with Crippen LogP contribution < -0.4 is 9.64 Å². The fourth-order valence-electron chi connectivity index (χ4n) is 2.87. The van der Waals surface area contributed by atoms with Gasteiger partial charge in [0.05, 0.1) is 0 Å². The Kier molecular flexibility index (Phi) is 7.91. The summed E-state index contributed by atoms with van der Waals surface area (Å²) in [6.07, 6.45) is -4.40. The summed E-state index contributed by atoms with van der Waals surface area (Å²) in [6.45, 7) is 0.215. The van der Waals surface area contributed by atoms with E-state index in [1.807, 2.05) is 12.1 Å². The number of hydrogen-bond acceptors (Lipinski definition) is 4. The van der Waals surface area contributed by atoms with Crippen molar-refractivity contribution in [3.05, 3.63) is 41.6 Å². The molecule has 0 amide bonds. The van der Waals surface area contributed by atoms with Gasteiger partial charge >= 0.3 is 12.4 Å². The van der Waals surface area contributed by atoms with Crippen LogP contribution in [0.2, 0.25) is 0 Å². The molecule has 0 unspecified atom stereocenters. The van der Waals surface area contributed by atoms with Crippen LogP contribution in [0.5, 0.6) is 5.88 Å². The number of nitrogens with zero attached hydrogens (tertiary/aromatic N) is 3. The molecule has 2 aromatic rings. The van der Waals surface area contributed by atoms with E-state index in [0.717, 1.165) is 37.7 Å². The van der Waals surface area contributed by atoms with E-state index in [-0.39, 0.29) is 5.95 Å². The van der Waals surface area contributed by atoms with Crippen molar-refractivity contribution in [1.29, 1.82) is 0 Å². The molecule has 0 aliphatic carbocycles. The molecule has 0 saturated heterocycles. The highest BCUT2D eigenvalue weighted by molar-refractivity contribution is 5.61. The van der Waals surface area contributed by atoms with Crippen LogP contribution in [0, 0.1) is 0 Å². The van der Waals surface area contributed by atoms with Gasteiger partial charge in [-0.1, -0.05) is 44.4 Å². The van der Waals surface area contributed by atoms with Crippen molar-refractivity contribution in [3.63, 3.8) is 0 Å². The molecule has 2 rings (SSSR count). The maximum absolute atomic E-state index is 13.1. The standard InChI is InChI=1S/C20H23F6N3O/c1-3-4-5-6-9-14-10-7-8-11-16(14)29(2)18-27-12-15(20(24,25)26)17(28-18)30-13-19(21,22)23/h7-8,10-12H,3-6,9,13H2,1-2H3. The first-order chi connectivity index (χ1) is 14.0. The third-order valence-corrected chi connectivity index (χ3v) is 4.37. The molecule has 0 fully saturated rings. The number of alkyl halides is 6. The number of ether oxygens (including phenoxy) is 1. The zero-order valence-corrected chi connectivity index (χ0v) is 16.6. The van der Waals surface area contributed by atoms with E-state index < -0.39 is 30.4 Å². The second-order valence-electron chi connectivity index (χ2n) is 6.79. The summed E-state index contributed by atoms with van der Waals surface area (Å²) in [5, 5.41) is 0. The van der Waals surface area contributed by atoms with Gasteiger partial charge in [0.25, 0.3) is 0 Å². The Hall–Kier alpha value is -2.52. The van der Waals surface area contributed by atoms with Crippen LogP contribution >= 0.6 is 0 Å². The molecule has 1 heterocycles. The van der Waals surface area contributed by atoms with Crippen molar-refractivity contribution in [2.24, 2.45) is 0 Å². The van der Waals surface area contributed by atoms with Crippen molar-refractivity contribution >= 4 is 11.6 Å². The minimum atomic E-state index is -4.95. The lowest BCUT2D eigenvalue weighted by atomic mass is 10.0. The van der Waals surface area contributed by atoms with Gasteiger partial charge in [0, 0.05) is 18.9 Å². The fraction of sp³-hybridized carbons (Fsp3) is 0.500. The first-order valence-corrected chi connectivity index (χ1v) is 9.48. The number of halogens is 6. The van der Waals surface area contributed by atoms with Crippen molar-refractivity contribution in [3.8, 4) is 5.88 Å². The van der Waals surface area contributed by atoms with Gasteiger partial charge in [-0.2, -0.15) is 31.3 Å². The number of hydrogen-bond donors (Lipinski definition) is 0. The molecule has 0 radical (unpaired) electrons. The third kappa shape index (κ3) is 6.77. The van der Waals surface area contributed by atoms with Gasteiger partial charge < -0.3 is 9.64 Å². The van der Waals surface area contributed by atoms with Gasteiger partial charge in [-0.05, 0) is 24.5 Å². The summed E-state index contributed by atoms with van der Waals surface area (Å²) < 4.78 is 81.1. The molecule has 0 saturated carbocycles. The Bertz CT molecular complexity index is 823. The highest BCUT2D eigenvalue weighted by atomic mass is 19.4. The first-order valence-electron chi connectivity index (χ1n) is 9.48. The van der Waals surface area contributed by atoms with Crippen molar-refractivity contribution < 1.29 is 31.1 Å². The number of aromatic nitrogens is 2. The van der Waals surface area contributed by atoms with Gasteiger partial charge in [-0.3, -0.25) is 0 Å². The molecule has 10 heteroatoms. The van der Waals surface area contributed by atoms with E-state index in [9.17, 15) is 26.3 Å². The largest absolute Gasteiger partial charge is 0.467 e. The molecule has 0 spiro atoms. The average molecular weight is 435 g/mol. The molecule has 0 aliphatic rings. The third-order valence-electron chi connectivity index (χ3n) is 4.37. The van der Waals surface area contributed by atoms with E-state index in [0.29, 0.717) is 11.9 Å². The van der Waals surface area contributed by atoms with Crippen LogP contribution in [-0.4, -0.2) is 29.8 Å². The smallest absolute Gasteiger partial charge is 0.423 e. The Morgan fingerprint density at radius 1 is 1.00 bits per heavy atom. The second kappa shape index (κ2) is 9.99. The Morgan fingerprint density at radius 3 is 2.33 bits per heavy atom. The predicted octanol–water partition coefficient (Wildman–Crippen LogP) is 6.33. The summed E-state index contributed by atoms with van der Waals surface area (Å²) in [5.74, 6) is -1.35. The lowest BCUT2D eigenvalue weighted by Crippen LogP contribution is -2.23. The highest BCUT2D eigenvalue weighted by Gasteiger charge is 2.38. The molecule has 30 heavy (non-hydrogen) atoms. The lowest BCUT2D eigenvalue weighted by molar-refractivity contribution is -0.159. The molecule has 0 N–H and O–H groups in total. The van der Waals surface area contributed by atoms with Crippen LogP contribution in [0.4, 0.5) is 38.0 Å². The minimum absolute atomic E-state index is 0.193. The van der Waals surface area contributed by atoms with E-state index in [1.165, 1.54) is 4.90 Å². The molecule has 1 aromatic heterocycles. The summed E-state index contributed by atoms with van der Waals surface area (Å²) in [7, 11) is 1.54. The van der Waals surface area contributed by atoms with Gasteiger partial charge in [0.15, 0.2) is 6.61 Å². The molecular weight excluding hydrogens is 412 g/mol. The van der Waals surface area contributed by atoms with Crippen molar-refractivity contribution in [2.75, 3.05) is 18.6 Å². The Labute approximate surface area is 170 Å². The van der Waals surface area contributed by atoms with E-state index in [4.69, 9.17) is 0 Å². The zero-order valence-electron chi connectivity index (χ0n) is 16.6. The van der Waals surface area contributed by atoms with Crippen LogP contribution in [0.15, 0.2) is 30.5 Å². The number of rotatable bonds is 9. The van der Waals surface area contributed by atoms with Gasteiger partial charge in [0.2, 0.25) is 11.8 Å². The molecule has 1 aromatic carbocycles. The number of anilines is 2. The monoisotopic (exact) mass is 435 g/mol. The molecule has 4 nitrogen and oxygen atoms in total. The van der Waals surface area contributed by atoms with Crippen molar-refractivity contribution in [2.45, 2.75) is 51.4 Å². The zero-order chi connectivity index (χ0) is 22.4. The SMILES string of the molecule is CCCCCCc1ccccc1N(C)c1ncc(C(F)(F)F)c(OCC(F)(F)F)n1. The molecule has 166 valence electrons. The van der Waals surface area contributed by atoms with Gasteiger partial charge in [-0.15, -0.1) is 0 Å². The van der Waals surface area contributed by atoms with Gasteiger partial charge in [-0.25, -0.2) is 4.98 Å². The summed E-state index contributed by atoms with van der Waals surface area (Å²) in [6, 6.07) is 7.25. The minimum Gasteiger partial charge on any atom is -0.467 e. The maximum atomic E-state index is 13.1. The summed E-state index contributed by atoms with van der Waals surface area (Å²) in [5.41, 5.74) is 0.143. The highest BCUT2D eigenvalue weighted by Crippen LogP contribution is 2.37. The van der Waals surface area contributed by atoms with Gasteiger partial charge in [0.1, 0.15) is 5.56 Å². The second-order valence-corrected chi connectivity index (χ2v) is 6.79. The summed E-state index contributed by atoms with van der Waals surface area (Å²) in [4.78, 5) is 8.79. The first kappa shape index (κ1) is 23.8. The molecule has 0 atom stereocenters. The lowest BCUT2D eigenvalue weighted by Gasteiger charge is -2.22. The molecule has 0 aliphatic heterocycles. The quantitative estimate of drug-likeness (QED) is 0.341. The van der Waals surface area contributed by atoms with Crippen LogP contribution in [0.1, 0.15) is 43.7 Å². The van der Waals surface area contributed by atoms with Crippen LogP contribution in [0.3, 0.4) is 0 Å². The van der Waals surface area contributed by atoms with Crippen LogP contribution in [-0.2, 0) is 12.6 Å². The maximum Gasteiger partial charge on any atom is 0.423 e. The van der Waals surface area contributed by atoms with E-state index >= 15 is 0 Å². The number of aryl methyl sites for hydroxylation is 1. The number of para-hydroxylation sites is 1. The normalized spacial score (nSPS) is 12.1. The topological polar surface area (TPSA) is 38.2 Å². The van der Waals surface area contributed by atoms with E-state index in [1.54, 1.807) is 19.2 Å². The molecular formula is C20H23F6N3O. The predicted molar refractivity (Wildman–Crippen MR) is 101 cm³/mol. The Balaban J connectivity index is 2.32. The summed E-state index contributed by atoms with van der Waals surface area (Å²) >= 11 is 0.